The number of nitrogens with two attached hydrogens (primary N) is 1. The van der Waals surface area contributed by atoms with Crippen molar-refractivity contribution in [2.24, 2.45) is 0 Å². The zero-order chi connectivity index (χ0) is 16.4. The molecule has 0 aliphatic rings. The van der Waals surface area contributed by atoms with Gasteiger partial charge >= 0.3 is 12.1 Å². The molecule has 0 spiro atoms. The number of hydrogen-bond acceptors (Lipinski definition) is 6. The molecule has 1 atom stereocenters. The van der Waals surface area contributed by atoms with E-state index >= 15 is 0 Å². The fraction of sp³-hybridized carbons (Fsp3) is 0.500. The second-order valence-electron chi connectivity index (χ2n) is 4.46. The number of rotatable bonds is 5. The minimum atomic E-state index is -4.34. The lowest BCUT2D eigenvalue weighted by Gasteiger charge is -2.16. The highest BCUT2D eigenvalue weighted by atomic mass is 32.1. The number of thiophene rings is 1. The first-order chi connectivity index (χ1) is 9.56. The van der Waals surface area contributed by atoms with Crippen molar-refractivity contribution in [1.82, 2.24) is 0 Å². The Morgan fingerprint density at radius 2 is 2.00 bits per heavy atom. The molecule has 0 amide bonds. The highest BCUT2D eigenvalue weighted by molar-refractivity contribution is 7.19. The topological polar surface area (TPSA) is 81.4 Å². The summed E-state index contributed by atoms with van der Waals surface area (Å²) in [5.74, 6) is -1.18. The summed E-state index contributed by atoms with van der Waals surface area (Å²) in [4.78, 5) is 23.2. The lowest BCUT2D eigenvalue weighted by Crippen LogP contribution is -2.24. The fourth-order valence-corrected chi connectivity index (χ4v) is 2.85. The molecule has 0 saturated carbocycles. The van der Waals surface area contributed by atoms with Crippen LogP contribution in [0.1, 0.15) is 40.3 Å². The Labute approximate surface area is 123 Å². The van der Waals surface area contributed by atoms with Crippen molar-refractivity contribution in [1.29, 1.82) is 0 Å². The van der Waals surface area contributed by atoms with E-state index in [0.29, 0.717) is 0 Å². The third-order valence-corrected chi connectivity index (χ3v) is 3.81. The smallest absolute Gasteiger partial charge is 0.391 e. The summed E-state index contributed by atoms with van der Waals surface area (Å²) in [5.41, 5.74) is 5.52. The number of methoxy groups -OCH3 is 1. The molecule has 1 unspecified atom stereocenters. The van der Waals surface area contributed by atoms with Crippen LogP contribution in [0.2, 0.25) is 0 Å². The van der Waals surface area contributed by atoms with Crippen LogP contribution < -0.4 is 11.1 Å². The van der Waals surface area contributed by atoms with E-state index in [0.717, 1.165) is 18.4 Å². The lowest BCUT2D eigenvalue weighted by molar-refractivity contribution is -0.136. The summed E-state index contributed by atoms with van der Waals surface area (Å²) in [6.45, 7) is 2.57. The van der Waals surface area contributed by atoms with E-state index in [-0.39, 0.29) is 26.9 Å². The molecule has 3 N–H and O–H groups in total. The van der Waals surface area contributed by atoms with Gasteiger partial charge < -0.3 is 15.8 Å². The van der Waals surface area contributed by atoms with Gasteiger partial charge in [-0.25, -0.2) is 4.79 Å². The zero-order valence-corrected chi connectivity index (χ0v) is 12.4. The number of halogens is 3. The third kappa shape index (κ3) is 4.35. The predicted molar refractivity (Wildman–Crippen MR) is 73.8 cm³/mol. The molecule has 0 fully saturated rings. The summed E-state index contributed by atoms with van der Waals surface area (Å²) < 4.78 is 41.6. The van der Waals surface area contributed by atoms with Gasteiger partial charge in [-0.05, 0) is 6.92 Å². The minimum Gasteiger partial charge on any atom is -0.465 e. The number of ether oxygens (including phenoxy) is 1. The van der Waals surface area contributed by atoms with Gasteiger partial charge in [-0.2, -0.15) is 13.2 Å². The Kier molecular flexibility index (Phi) is 5.21. The van der Waals surface area contributed by atoms with Crippen LogP contribution in [0.4, 0.5) is 23.9 Å². The van der Waals surface area contributed by atoms with E-state index in [9.17, 15) is 22.8 Å². The third-order valence-electron chi connectivity index (χ3n) is 2.57. The first-order valence-corrected chi connectivity index (χ1v) is 6.73. The number of esters is 1. The summed E-state index contributed by atoms with van der Waals surface area (Å²) in [6, 6.07) is -0.980. The van der Waals surface area contributed by atoms with Crippen molar-refractivity contribution in [3.63, 3.8) is 0 Å². The zero-order valence-electron chi connectivity index (χ0n) is 11.6. The van der Waals surface area contributed by atoms with Crippen LogP contribution in [-0.4, -0.2) is 31.1 Å². The number of carbonyl (C=O) groups excluding carboxylic acids is 2. The minimum absolute atomic E-state index is 0.0824. The number of ketones is 1. The first-order valence-electron chi connectivity index (χ1n) is 5.91. The Balaban J connectivity index is 3.13. The summed E-state index contributed by atoms with van der Waals surface area (Å²) >= 11 is 0.838. The molecule has 0 saturated heterocycles. The van der Waals surface area contributed by atoms with Crippen LogP contribution in [0.15, 0.2) is 0 Å². The van der Waals surface area contributed by atoms with Crippen LogP contribution in [0, 0.1) is 0 Å². The van der Waals surface area contributed by atoms with Crippen molar-refractivity contribution in [2.45, 2.75) is 32.5 Å². The summed E-state index contributed by atoms with van der Waals surface area (Å²) in [6.07, 6.45) is -5.43. The molecule has 5 nitrogen and oxygen atoms in total. The molecule has 9 heteroatoms. The SMILES string of the molecule is COC(=O)c1c(NC(C)CC(F)(F)F)sc(C(C)=O)c1N. The van der Waals surface area contributed by atoms with Gasteiger partial charge in [0.2, 0.25) is 0 Å². The van der Waals surface area contributed by atoms with Crippen LogP contribution in [0.3, 0.4) is 0 Å². The average Bonchev–Trinajstić information content (AvgIpc) is 2.63. The number of nitrogens with one attached hydrogen (secondary N) is 1. The number of hydrogen-bond donors (Lipinski definition) is 2. The van der Waals surface area contributed by atoms with Crippen LogP contribution >= 0.6 is 11.3 Å². The van der Waals surface area contributed by atoms with Gasteiger partial charge in [-0.3, -0.25) is 4.79 Å². The molecular weight excluding hydrogens is 309 g/mol. The molecule has 1 aromatic heterocycles. The Hall–Kier alpha value is -1.77. The van der Waals surface area contributed by atoms with E-state index in [4.69, 9.17) is 5.73 Å². The molecule has 0 aliphatic heterocycles. The van der Waals surface area contributed by atoms with Crippen molar-refractivity contribution in [3.05, 3.63) is 10.4 Å². The normalized spacial score (nSPS) is 12.9. The van der Waals surface area contributed by atoms with Crippen LogP contribution in [0.25, 0.3) is 0 Å². The van der Waals surface area contributed by atoms with E-state index in [1.807, 2.05) is 0 Å². The Morgan fingerprint density at radius 1 is 1.43 bits per heavy atom. The molecule has 21 heavy (non-hydrogen) atoms. The average molecular weight is 324 g/mol. The molecule has 0 aromatic carbocycles. The van der Waals surface area contributed by atoms with Crippen molar-refractivity contribution in [2.75, 3.05) is 18.2 Å². The number of carbonyl (C=O) groups is 2. The molecule has 0 bridgehead atoms. The standard InChI is InChI=1S/C12H15F3N2O3S/c1-5(4-12(13,14)15)17-10-7(11(19)20-3)8(16)9(21-10)6(2)18/h5,17H,4,16H2,1-3H3. The van der Waals surface area contributed by atoms with Crippen LogP contribution in [-0.2, 0) is 4.74 Å². The predicted octanol–water partition coefficient (Wildman–Crippen LogP) is 3.07. The van der Waals surface area contributed by atoms with Gasteiger partial charge in [0.05, 0.1) is 24.1 Å². The Bertz CT molecular complexity index is 555. The molecule has 1 aromatic rings. The number of Topliss-reactive ketones (excluding diaryl/α,β-unsaturated/α-hetero) is 1. The maximum Gasteiger partial charge on any atom is 0.391 e. The molecule has 0 radical (unpaired) electrons. The number of anilines is 2. The summed E-state index contributed by atoms with van der Waals surface area (Å²) in [7, 11) is 1.12. The maximum absolute atomic E-state index is 12.3. The van der Waals surface area contributed by atoms with Gasteiger partial charge in [0.1, 0.15) is 10.6 Å². The molecule has 1 rings (SSSR count). The molecule has 1 heterocycles. The van der Waals surface area contributed by atoms with Crippen LogP contribution in [0.5, 0.6) is 0 Å². The lowest BCUT2D eigenvalue weighted by atomic mass is 10.2. The maximum atomic E-state index is 12.3. The van der Waals surface area contributed by atoms with Gasteiger partial charge in [0, 0.05) is 13.0 Å². The van der Waals surface area contributed by atoms with Crippen molar-refractivity contribution < 1.29 is 27.5 Å². The molecule has 118 valence electrons. The molecular formula is C12H15F3N2O3S. The van der Waals surface area contributed by atoms with Gasteiger partial charge in [0.15, 0.2) is 5.78 Å². The van der Waals surface area contributed by atoms with Crippen molar-refractivity contribution in [3.8, 4) is 0 Å². The highest BCUT2D eigenvalue weighted by Crippen LogP contribution is 2.37. The van der Waals surface area contributed by atoms with E-state index < -0.39 is 24.6 Å². The largest absolute Gasteiger partial charge is 0.465 e. The van der Waals surface area contributed by atoms with E-state index in [1.54, 1.807) is 0 Å². The number of nitrogen functional groups attached to an aromatic ring is 1. The van der Waals surface area contributed by atoms with Gasteiger partial charge in [0.25, 0.3) is 0 Å². The van der Waals surface area contributed by atoms with Gasteiger partial charge in [-0.1, -0.05) is 0 Å². The Morgan fingerprint density at radius 3 is 2.43 bits per heavy atom. The number of alkyl halides is 3. The molecule has 0 aliphatic carbocycles. The van der Waals surface area contributed by atoms with E-state index in [2.05, 4.69) is 10.1 Å². The summed E-state index contributed by atoms with van der Waals surface area (Å²) in [5, 5.41) is 2.66. The van der Waals surface area contributed by atoms with E-state index in [1.165, 1.54) is 13.8 Å². The quantitative estimate of drug-likeness (QED) is 0.642. The monoisotopic (exact) mass is 324 g/mol. The first kappa shape index (κ1) is 17.3. The highest BCUT2D eigenvalue weighted by Gasteiger charge is 2.32. The fourth-order valence-electron chi connectivity index (χ4n) is 1.73. The second kappa shape index (κ2) is 6.33. The second-order valence-corrected chi connectivity index (χ2v) is 5.48. The van der Waals surface area contributed by atoms with Crippen molar-refractivity contribution >= 4 is 33.8 Å². The van der Waals surface area contributed by atoms with Gasteiger partial charge in [-0.15, -0.1) is 11.3 Å².